The Kier molecular flexibility index (Phi) is 7.94. The summed E-state index contributed by atoms with van der Waals surface area (Å²) in [5.74, 6) is 0.312. The van der Waals surface area contributed by atoms with Crippen molar-refractivity contribution in [3.63, 3.8) is 0 Å². The lowest BCUT2D eigenvalue weighted by atomic mass is 10.1. The Morgan fingerprint density at radius 3 is 2.67 bits per heavy atom. The molecule has 136 valence electrons. The standard InChI is InChI=1S/C16H26N4O2S.HI/c1-12-7-8-14(10-13(12)2)19-16(17)18-11-15-6-4-5-9-20(15)23(3,21)22;/h7-8,10,15H,4-6,9,11H2,1-3H3,(H3,17,18,19);1H. The van der Waals surface area contributed by atoms with Gasteiger partial charge in [0.15, 0.2) is 5.96 Å². The second-order valence-electron chi connectivity index (χ2n) is 6.17. The first kappa shape index (κ1) is 21.2. The van der Waals surface area contributed by atoms with Gasteiger partial charge in [-0.3, -0.25) is 4.99 Å². The molecular formula is C16H27IN4O2S. The van der Waals surface area contributed by atoms with Gasteiger partial charge in [-0.05, 0) is 49.9 Å². The van der Waals surface area contributed by atoms with Gasteiger partial charge in [0.1, 0.15) is 0 Å². The molecule has 2 rings (SSSR count). The second-order valence-corrected chi connectivity index (χ2v) is 8.11. The van der Waals surface area contributed by atoms with E-state index in [1.807, 2.05) is 25.1 Å². The third kappa shape index (κ3) is 5.89. The summed E-state index contributed by atoms with van der Waals surface area (Å²) >= 11 is 0. The van der Waals surface area contributed by atoms with E-state index in [0.717, 1.165) is 24.9 Å². The normalized spacial score (nSPS) is 19.6. The summed E-state index contributed by atoms with van der Waals surface area (Å²) in [5, 5.41) is 3.06. The predicted molar refractivity (Wildman–Crippen MR) is 111 cm³/mol. The fourth-order valence-electron chi connectivity index (χ4n) is 2.80. The number of piperidine rings is 1. The highest BCUT2D eigenvalue weighted by molar-refractivity contribution is 14.0. The average molecular weight is 466 g/mol. The average Bonchev–Trinajstić information content (AvgIpc) is 2.48. The molecule has 1 heterocycles. The quantitative estimate of drug-likeness (QED) is 0.406. The van der Waals surface area contributed by atoms with Crippen molar-refractivity contribution in [3.05, 3.63) is 29.3 Å². The van der Waals surface area contributed by atoms with E-state index < -0.39 is 10.0 Å². The van der Waals surface area contributed by atoms with Crippen molar-refractivity contribution in [1.29, 1.82) is 0 Å². The maximum Gasteiger partial charge on any atom is 0.211 e. The van der Waals surface area contributed by atoms with Crippen molar-refractivity contribution < 1.29 is 8.42 Å². The minimum absolute atomic E-state index is 0. The van der Waals surface area contributed by atoms with E-state index in [9.17, 15) is 8.42 Å². The molecule has 0 aromatic heterocycles. The maximum absolute atomic E-state index is 11.8. The first-order valence-electron chi connectivity index (χ1n) is 7.88. The number of rotatable bonds is 4. The van der Waals surface area contributed by atoms with Gasteiger partial charge in [-0.15, -0.1) is 24.0 Å². The Labute approximate surface area is 162 Å². The number of nitrogens with zero attached hydrogens (tertiary/aromatic N) is 2. The molecule has 1 aliphatic rings. The number of nitrogens with two attached hydrogens (primary N) is 1. The highest BCUT2D eigenvalue weighted by Crippen LogP contribution is 2.20. The zero-order valence-electron chi connectivity index (χ0n) is 14.4. The molecule has 1 fully saturated rings. The van der Waals surface area contributed by atoms with Crippen LogP contribution in [-0.4, -0.2) is 44.1 Å². The number of nitrogens with one attached hydrogen (secondary N) is 1. The minimum Gasteiger partial charge on any atom is -0.370 e. The molecule has 1 atom stereocenters. The van der Waals surface area contributed by atoms with E-state index in [-0.39, 0.29) is 30.0 Å². The van der Waals surface area contributed by atoms with Crippen LogP contribution in [0.4, 0.5) is 5.69 Å². The van der Waals surface area contributed by atoms with Crippen molar-refractivity contribution in [3.8, 4) is 0 Å². The van der Waals surface area contributed by atoms with Gasteiger partial charge in [0.25, 0.3) is 0 Å². The van der Waals surface area contributed by atoms with E-state index in [4.69, 9.17) is 5.73 Å². The zero-order valence-corrected chi connectivity index (χ0v) is 17.6. The number of guanidine groups is 1. The Hall–Kier alpha value is -0.870. The van der Waals surface area contributed by atoms with E-state index in [1.54, 1.807) is 4.31 Å². The molecule has 0 spiro atoms. The van der Waals surface area contributed by atoms with E-state index in [1.165, 1.54) is 17.4 Å². The lowest BCUT2D eigenvalue weighted by molar-refractivity contribution is 0.259. The number of hydrogen-bond donors (Lipinski definition) is 2. The minimum atomic E-state index is -3.19. The molecule has 0 radical (unpaired) electrons. The van der Waals surface area contributed by atoms with E-state index in [0.29, 0.717) is 19.0 Å². The third-order valence-electron chi connectivity index (χ3n) is 4.25. The first-order valence-corrected chi connectivity index (χ1v) is 9.73. The van der Waals surface area contributed by atoms with Crippen LogP contribution in [0.3, 0.4) is 0 Å². The number of aryl methyl sites for hydroxylation is 2. The summed E-state index contributed by atoms with van der Waals surface area (Å²) < 4.78 is 25.2. The van der Waals surface area contributed by atoms with Crippen LogP contribution in [0.25, 0.3) is 0 Å². The molecule has 6 nitrogen and oxygen atoms in total. The molecule has 0 aliphatic carbocycles. The fourth-order valence-corrected chi connectivity index (χ4v) is 3.98. The van der Waals surface area contributed by atoms with Crippen molar-refractivity contribution in [2.24, 2.45) is 10.7 Å². The lowest BCUT2D eigenvalue weighted by Gasteiger charge is -2.32. The monoisotopic (exact) mass is 466 g/mol. The topological polar surface area (TPSA) is 87.8 Å². The molecule has 1 saturated heterocycles. The van der Waals surface area contributed by atoms with Crippen molar-refractivity contribution in [2.45, 2.75) is 39.2 Å². The Morgan fingerprint density at radius 2 is 2.04 bits per heavy atom. The molecule has 0 bridgehead atoms. The smallest absolute Gasteiger partial charge is 0.211 e. The summed E-state index contributed by atoms with van der Waals surface area (Å²) in [5.41, 5.74) is 9.22. The molecule has 1 aromatic carbocycles. The Morgan fingerprint density at radius 1 is 1.33 bits per heavy atom. The van der Waals surface area contributed by atoms with Crippen molar-refractivity contribution >= 4 is 45.6 Å². The van der Waals surface area contributed by atoms with Gasteiger partial charge in [0, 0.05) is 18.3 Å². The largest absolute Gasteiger partial charge is 0.370 e. The molecule has 0 amide bonds. The van der Waals surface area contributed by atoms with Crippen LogP contribution in [0.5, 0.6) is 0 Å². The van der Waals surface area contributed by atoms with Gasteiger partial charge in [0.05, 0.1) is 12.8 Å². The molecule has 1 aliphatic heterocycles. The first-order chi connectivity index (χ1) is 10.8. The number of hydrogen-bond acceptors (Lipinski definition) is 3. The molecule has 3 N–H and O–H groups in total. The van der Waals surface area contributed by atoms with Gasteiger partial charge in [-0.2, -0.15) is 4.31 Å². The van der Waals surface area contributed by atoms with Crippen LogP contribution >= 0.6 is 24.0 Å². The van der Waals surface area contributed by atoms with Gasteiger partial charge < -0.3 is 11.1 Å². The van der Waals surface area contributed by atoms with Crippen molar-refractivity contribution in [2.75, 3.05) is 24.7 Å². The number of sulfonamides is 1. The second kappa shape index (κ2) is 9.00. The van der Waals surface area contributed by atoms with Gasteiger partial charge in [-0.25, -0.2) is 8.42 Å². The molecule has 24 heavy (non-hydrogen) atoms. The fraction of sp³-hybridized carbons (Fsp3) is 0.562. The molecule has 0 saturated carbocycles. The van der Waals surface area contributed by atoms with Gasteiger partial charge in [-0.1, -0.05) is 12.5 Å². The SMILES string of the molecule is Cc1ccc(NC(N)=NCC2CCCCN2S(C)(=O)=O)cc1C.I. The van der Waals surface area contributed by atoms with Crippen LogP contribution in [0.2, 0.25) is 0 Å². The Bertz CT molecular complexity index is 691. The highest BCUT2D eigenvalue weighted by atomic mass is 127. The number of benzene rings is 1. The molecular weight excluding hydrogens is 439 g/mol. The highest BCUT2D eigenvalue weighted by Gasteiger charge is 2.28. The van der Waals surface area contributed by atoms with Crippen LogP contribution in [0, 0.1) is 13.8 Å². The predicted octanol–water partition coefficient (Wildman–Crippen LogP) is 2.46. The van der Waals surface area contributed by atoms with Crippen LogP contribution in [-0.2, 0) is 10.0 Å². The number of halogens is 1. The summed E-state index contributed by atoms with van der Waals surface area (Å²) in [6.07, 6.45) is 4.01. The third-order valence-corrected chi connectivity index (χ3v) is 5.58. The zero-order chi connectivity index (χ0) is 17.0. The van der Waals surface area contributed by atoms with E-state index >= 15 is 0 Å². The van der Waals surface area contributed by atoms with Crippen LogP contribution in [0.15, 0.2) is 23.2 Å². The number of aliphatic imine (C=N–C) groups is 1. The summed E-state index contributed by atoms with van der Waals surface area (Å²) in [7, 11) is -3.19. The summed E-state index contributed by atoms with van der Waals surface area (Å²) in [4.78, 5) is 4.34. The van der Waals surface area contributed by atoms with E-state index in [2.05, 4.69) is 17.2 Å². The summed E-state index contributed by atoms with van der Waals surface area (Å²) in [6, 6.07) is 5.89. The molecule has 1 unspecified atom stereocenters. The van der Waals surface area contributed by atoms with Crippen molar-refractivity contribution in [1.82, 2.24) is 4.31 Å². The summed E-state index contributed by atoms with van der Waals surface area (Å²) in [6.45, 7) is 5.06. The van der Waals surface area contributed by atoms with Crippen LogP contribution < -0.4 is 11.1 Å². The van der Waals surface area contributed by atoms with Gasteiger partial charge >= 0.3 is 0 Å². The maximum atomic E-state index is 11.8. The Balaban J connectivity index is 0.00000288. The molecule has 1 aromatic rings. The molecule has 8 heteroatoms. The number of anilines is 1. The van der Waals surface area contributed by atoms with Gasteiger partial charge in [0.2, 0.25) is 10.0 Å². The lowest BCUT2D eigenvalue weighted by Crippen LogP contribution is -2.45. The van der Waals surface area contributed by atoms with Crippen LogP contribution in [0.1, 0.15) is 30.4 Å².